The lowest BCUT2D eigenvalue weighted by Gasteiger charge is -2.34. The van der Waals surface area contributed by atoms with Crippen LogP contribution in [0.2, 0.25) is 0 Å². The Morgan fingerprint density at radius 1 is 0.644 bits per heavy atom. The van der Waals surface area contributed by atoms with E-state index >= 15 is 0 Å². The minimum absolute atomic E-state index is 0. The minimum Gasteiger partial charge on any atom is -0.387 e. The van der Waals surface area contributed by atoms with Crippen molar-refractivity contribution in [2.75, 3.05) is 18.0 Å². The Kier molecular flexibility index (Phi) is 8.24. The van der Waals surface area contributed by atoms with E-state index in [0.717, 1.165) is 58.3 Å². The summed E-state index contributed by atoms with van der Waals surface area (Å²) in [4.78, 5) is 14.5. The molecule has 0 saturated heterocycles. The first-order valence-corrected chi connectivity index (χ1v) is 20.8. The minimum atomic E-state index is -0.282. The van der Waals surface area contributed by atoms with Crippen LogP contribution in [0.4, 0.5) is 11.6 Å². The number of rotatable bonds is 5. The second-order valence-electron chi connectivity index (χ2n) is 15.5. The van der Waals surface area contributed by atoms with Crippen LogP contribution >= 0.6 is 11.3 Å². The maximum Gasteiger partial charge on any atom is 0.231 e. The van der Waals surface area contributed by atoms with Crippen molar-refractivity contribution in [3.63, 3.8) is 0 Å². The highest BCUT2D eigenvalue weighted by Gasteiger charge is 2.47. The molecule has 284 valence electrons. The van der Waals surface area contributed by atoms with Crippen LogP contribution in [0, 0.1) is 0 Å². The molecule has 3 aliphatic rings. The number of benzene rings is 6. The number of nitrogens with one attached hydrogen (secondary N) is 1. The summed E-state index contributed by atoms with van der Waals surface area (Å²) in [7, 11) is 0. The van der Waals surface area contributed by atoms with Crippen molar-refractivity contribution in [2.45, 2.75) is 19.3 Å². The van der Waals surface area contributed by atoms with Gasteiger partial charge in [0.2, 0.25) is 5.95 Å². The number of allylic oxidation sites excluding steroid dienone is 3. The van der Waals surface area contributed by atoms with Crippen LogP contribution < -0.4 is 10.2 Å². The second-order valence-corrected chi connectivity index (χ2v) is 16.5. The number of hydrogen-bond acceptors (Lipinski definition) is 5. The molecule has 0 saturated carbocycles. The van der Waals surface area contributed by atoms with Crippen molar-refractivity contribution in [3.8, 4) is 28.1 Å². The molecule has 3 aromatic heterocycles. The predicted octanol–water partition coefficient (Wildman–Crippen LogP) is 13.1. The molecule has 9 aromatic rings. The fraction of sp³-hybridized carbons (Fsp3) is 0.0943. The van der Waals surface area contributed by atoms with Gasteiger partial charge in [-0.3, -0.25) is 0 Å². The number of hydrogen-bond donors (Lipinski definition) is 1. The number of para-hydroxylation sites is 2. The fourth-order valence-electron chi connectivity index (χ4n) is 9.55. The van der Waals surface area contributed by atoms with Crippen molar-refractivity contribution in [1.29, 1.82) is 0 Å². The Bertz CT molecular complexity index is 3190. The lowest BCUT2D eigenvalue weighted by molar-refractivity contribution is 0.554. The Morgan fingerprint density at radius 2 is 1.41 bits per heavy atom. The van der Waals surface area contributed by atoms with Crippen molar-refractivity contribution >= 4 is 66.6 Å². The summed E-state index contributed by atoms with van der Waals surface area (Å²) in [5, 5.41) is 5.80. The molecule has 0 radical (unpaired) electrons. The zero-order valence-electron chi connectivity index (χ0n) is 31.6. The van der Waals surface area contributed by atoms with Crippen LogP contribution in [0.3, 0.4) is 0 Å². The Morgan fingerprint density at radius 3 is 2.27 bits per heavy atom. The molecule has 6 aromatic carbocycles. The predicted molar refractivity (Wildman–Crippen MR) is 249 cm³/mol. The third-order valence-electron chi connectivity index (χ3n) is 12.2. The van der Waals surface area contributed by atoms with Crippen LogP contribution in [-0.2, 0) is 5.41 Å². The average molecular weight is 780 g/mol. The molecule has 6 heteroatoms. The van der Waals surface area contributed by atoms with Gasteiger partial charge in [0.1, 0.15) is 0 Å². The number of aromatic nitrogens is 3. The molecular formula is C53H41N5S. The lowest BCUT2D eigenvalue weighted by Crippen LogP contribution is -2.35. The molecule has 1 atom stereocenters. The first-order valence-electron chi connectivity index (χ1n) is 20.0. The maximum absolute atomic E-state index is 5.47. The SMILES string of the molecule is C.C1=Cc2ccccc2C2(C1)CN(c1nc(-c3ccccc3)c3sc(C4=CCNC=C4)cc3n1)c1ccc(-c3ccc4c5ccccc5n(-c5ccccc5)c4c3)cc12. The van der Waals surface area contributed by atoms with Crippen molar-refractivity contribution < 1.29 is 0 Å². The highest BCUT2D eigenvalue weighted by Crippen LogP contribution is 2.53. The topological polar surface area (TPSA) is 46.0 Å². The summed E-state index contributed by atoms with van der Waals surface area (Å²) in [5.74, 6) is 0.734. The summed E-state index contributed by atoms with van der Waals surface area (Å²) < 4.78 is 3.51. The number of dihydropyridines is 1. The van der Waals surface area contributed by atoms with Crippen molar-refractivity contribution in [1.82, 2.24) is 19.9 Å². The molecule has 0 amide bonds. The zero-order chi connectivity index (χ0) is 38.2. The molecule has 1 unspecified atom stereocenters. The Labute approximate surface area is 348 Å². The van der Waals surface area contributed by atoms with E-state index in [-0.39, 0.29) is 12.8 Å². The van der Waals surface area contributed by atoms with Crippen LogP contribution in [0.1, 0.15) is 35.4 Å². The van der Waals surface area contributed by atoms with Gasteiger partial charge in [0, 0.05) is 51.1 Å². The smallest absolute Gasteiger partial charge is 0.231 e. The summed E-state index contributed by atoms with van der Waals surface area (Å²) in [6, 6.07) is 55.2. The van der Waals surface area contributed by atoms with E-state index < -0.39 is 0 Å². The highest BCUT2D eigenvalue weighted by atomic mass is 32.1. The van der Waals surface area contributed by atoms with E-state index in [4.69, 9.17) is 9.97 Å². The van der Waals surface area contributed by atoms with Crippen LogP contribution in [-0.4, -0.2) is 27.6 Å². The molecule has 5 heterocycles. The molecule has 1 aliphatic carbocycles. The number of fused-ring (bicyclic) bond motifs is 8. The van der Waals surface area contributed by atoms with Gasteiger partial charge in [0.25, 0.3) is 0 Å². The second kappa shape index (κ2) is 13.8. The summed E-state index contributed by atoms with van der Waals surface area (Å²) in [5.41, 5.74) is 15.0. The summed E-state index contributed by atoms with van der Waals surface area (Å²) >= 11 is 1.77. The third-order valence-corrected chi connectivity index (χ3v) is 13.4. The van der Waals surface area contributed by atoms with Gasteiger partial charge in [-0.2, -0.15) is 0 Å². The highest BCUT2D eigenvalue weighted by molar-refractivity contribution is 7.20. The number of thiophene rings is 1. The molecule has 59 heavy (non-hydrogen) atoms. The molecule has 1 N–H and O–H groups in total. The fourth-order valence-corrected chi connectivity index (χ4v) is 10.7. The van der Waals surface area contributed by atoms with E-state index in [9.17, 15) is 0 Å². The van der Waals surface area contributed by atoms with Gasteiger partial charge >= 0.3 is 0 Å². The Balaban J connectivity index is 0.00000397. The van der Waals surface area contributed by atoms with Crippen LogP contribution in [0.5, 0.6) is 0 Å². The quantitative estimate of drug-likeness (QED) is 0.189. The summed E-state index contributed by atoms with van der Waals surface area (Å²) in [6.07, 6.45) is 12.0. The van der Waals surface area contributed by atoms with E-state index in [1.165, 1.54) is 60.1 Å². The number of nitrogens with zero attached hydrogens (tertiary/aromatic N) is 4. The van der Waals surface area contributed by atoms with Gasteiger partial charge in [-0.15, -0.1) is 11.3 Å². The normalized spacial score (nSPS) is 16.6. The van der Waals surface area contributed by atoms with E-state index in [1.807, 2.05) is 6.20 Å². The van der Waals surface area contributed by atoms with Gasteiger partial charge in [-0.1, -0.05) is 135 Å². The monoisotopic (exact) mass is 779 g/mol. The number of anilines is 2. The largest absolute Gasteiger partial charge is 0.387 e. The van der Waals surface area contributed by atoms with E-state index in [0.29, 0.717) is 0 Å². The lowest BCUT2D eigenvalue weighted by atomic mass is 9.69. The van der Waals surface area contributed by atoms with Crippen LogP contribution in [0.15, 0.2) is 176 Å². The first-order chi connectivity index (χ1) is 28.7. The van der Waals surface area contributed by atoms with Crippen molar-refractivity contribution in [2.24, 2.45) is 0 Å². The van der Waals surface area contributed by atoms with E-state index in [2.05, 4.69) is 191 Å². The van der Waals surface area contributed by atoms with Gasteiger partial charge in [-0.25, -0.2) is 9.97 Å². The molecular weight excluding hydrogens is 739 g/mol. The maximum atomic E-state index is 5.47. The van der Waals surface area contributed by atoms with Gasteiger partial charge in [0.05, 0.1) is 26.9 Å². The molecule has 5 nitrogen and oxygen atoms in total. The zero-order valence-corrected chi connectivity index (χ0v) is 32.5. The van der Waals surface area contributed by atoms with Crippen LogP contribution in [0.25, 0.3) is 71.7 Å². The first kappa shape index (κ1) is 35.2. The average Bonchev–Trinajstić information content (AvgIpc) is 3.98. The molecule has 0 fully saturated rings. The molecule has 1 spiro atoms. The third kappa shape index (κ3) is 5.51. The van der Waals surface area contributed by atoms with Crippen molar-refractivity contribution in [3.05, 3.63) is 198 Å². The molecule has 2 aliphatic heterocycles. The van der Waals surface area contributed by atoms with E-state index in [1.54, 1.807) is 11.3 Å². The standard InChI is InChI=1S/C52H37N5S.CH4/c1-3-13-36(14-4-1)49-50-44(32-48(58-50)35-25-28-53-29-26-35)54-51(55-49)56-33-52(27-11-15-34-12-7-9-19-42(34)52)43-30-37(22-24-46(43)56)38-21-23-41-40-18-8-10-20-45(40)57(47(41)31-38)39-16-5-2-6-17-39;/h1-26,28,30-32,53H,27,29,33H2;1H4. The molecule has 0 bridgehead atoms. The van der Waals surface area contributed by atoms with Gasteiger partial charge < -0.3 is 14.8 Å². The Hall–Kier alpha value is -7.02. The van der Waals surface area contributed by atoms with Gasteiger partial charge in [-0.05, 0) is 94.6 Å². The summed E-state index contributed by atoms with van der Waals surface area (Å²) in [6.45, 7) is 1.56. The molecule has 12 rings (SSSR count). The van der Waals surface area contributed by atoms with Gasteiger partial charge in [0.15, 0.2) is 0 Å².